The summed E-state index contributed by atoms with van der Waals surface area (Å²) in [5, 5.41) is 0. The molecule has 1 aromatic carbocycles. The normalized spacial score (nSPS) is 13.4. The van der Waals surface area contributed by atoms with Crippen LogP contribution in [0, 0.1) is 12.8 Å². The molecule has 0 saturated heterocycles. The predicted molar refractivity (Wildman–Crippen MR) is 77.7 cm³/mol. The third-order valence-electron chi connectivity index (χ3n) is 3.22. The third kappa shape index (κ3) is 4.31. The summed E-state index contributed by atoms with van der Waals surface area (Å²) in [6, 6.07) is 8.00. The molecule has 0 aliphatic rings. The summed E-state index contributed by atoms with van der Waals surface area (Å²) in [6.45, 7) is 6.44. The van der Waals surface area contributed by atoms with Crippen LogP contribution in [-0.4, -0.2) is 23.9 Å². The minimum Gasteiger partial charge on any atom is -0.341 e. The average molecular weight is 271 g/mol. The van der Waals surface area contributed by atoms with Gasteiger partial charge in [0.05, 0.1) is 5.92 Å². The first-order chi connectivity index (χ1) is 7.93. The van der Waals surface area contributed by atoms with Crippen LogP contribution in [-0.2, 0) is 11.3 Å². The highest BCUT2D eigenvalue weighted by Crippen LogP contribution is 2.12. The van der Waals surface area contributed by atoms with Crippen molar-refractivity contribution in [2.24, 2.45) is 11.7 Å². The van der Waals surface area contributed by atoms with E-state index in [2.05, 4.69) is 19.1 Å². The van der Waals surface area contributed by atoms with Crippen LogP contribution >= 0.6 is 12.4 Å². The van der Waals surface area contributed by atoms with Gasteiger partial charge in [0.15, 0.2) is 0 Å². The maximum atomic E-state index is 12.0. The molecule has 0 spiro atoms. The number of hydrogen-bond acceptors (Lipinski definition) is 2. The monoisotopic (exact) mass is 270 g/mol. The quantitative estimate of drug-likeness (QED) is 0.913. The molecule has 0 bridgehead atoms. The molecule has 4 heteroatoms. The van der Waals surface area contributed by atoms with Gasteiger partial charge in [-0.3, -0.25) is 4.79 Å². The lowest BCUT2D eigenvalue weighted by molar-refractivity contribution is -0.134. The van der Waals surface area contributed by atoms with Crippen LogP contribution in [0.1, 0.15) is 25.0 Å². The van der Waals surface area contributed by atoms with Crippen LogP contribution in [0.2, 0.25) is 0 Å². The van der Waals surface area contributed by atoms with Crippen molar-refractivity contribution in [3.05, 3.63) is 35.4 Å². The Hall–Kier alpha value is -1.06. The van der Waals surface area contributed by atoms with Crippen LogP contribution < -0.4 is 5.73 Å². The second-order valence-corrected chi connectivity index (χ2v) is 4.77. The second-order valence-electron chi connectivity index (χ2n) is 4.77. The Labute approximate surface area is 116 Å². The SMILES string of the molecule is Cc1ccccc1CN(C)C(=O)C(C)C(C)N.Cl. The zero-order valence-corrected chi connectivity index (χ0v) is 12.3. The molecule has 0 saturated carbocycles. The van der Waals surface area contributed by atoms with Crippen LogP contribution in [0.15, 0.2) is 24.3 Å². The maximum Gasteiger partial charge on any atom is 0.226 e. The number of rotatable bonds is 4. The van der Waals surface area contributed by atoms with Gasteiger partial charge in [-0.2, -0.15) is 0 Å². The summed E-state index contributed by atoms with van der Waals surface area (Å²) in [7, 11) is 1.83. The van der Waals surface area contributed by atoms with E-state index in [0.717, 1.165) is 0 Å². The van der Waals surface area contributed by atoms with Gasteiger partial charge in [-0.25, -0.2) is 0 Å². The first-order valence-corrected chi connectivity index (χ1v) is 5.98. The zero-order valence-electron chi connectivity index (χ0n) is 11.5. The highest BCUT2D eigenvalue weighted by Gasteiger charge is 2.20. The summed E-state index contributed by atoms with van der Waals surface area (Å²) < 4.78 is 0. The van der Waals surface area contributed by atoms with Gasteiger partial charge < -0.3 is 10.6 Å². The van der Waals surface area contributed by atoms with E-state index in [0.29, 0.717) is 6.54 Å². The Kier molecular flexibility index (Phi) is 6.96. The smallest absolute Gasteiger partial charge is 0.226 e. The molecule has 1 rings (SSSR count). The molecule has 0 radical (unpaired) electrons. The van der Waals surface area contributed by atoms with Crippen molar-refractivity contribution in [2.75, 3.05) is 7.05 Å². The summed E-state index contributed by atoms with van der Waals surface area (Å²) in [4.78, 5) is 13.8. The van der Waals surface area contributed by atoms with Crippen LogP contribution in [0.25, 0.3) is 0 Å². The molecule has 0 heterocycles. The van der Waals surface area contributed by atoms with E-state index in [1.54, 1.807) is 4.90 Å². The summed E-state index contributed by atoms with van der Waals surface area (Å²) in [5.41, 5.74) is 8.14. The largest absolute Gasteiger partial charge is 0.341 e. The van der Waals surface area contributed by atoms with Gasteiger partial charge >= 0.3 is 0 Å². The molecule has 3 nitrogen and oxygen atoms in total. The van der Waals surface area contributed by atoms with Gasteiger partial charge in [0.2, 0.25) is 5.91 Å². The van der Waals surface area contributed by atoms with Crippen molar-refractivity contribution in [1.82, 2.24) is 4.90 Å². The van der Waals surface area contributed by atoms with Crippen LogP contribution in [0.4, 0.5) is 0 Å². The van der Waals surface area contributed by atoms with E-state index in [9.17, 15) is 4.79 Å². The number of halogens is 1. The molecular weight excluding hydrogens is 248 g/mol. The van der Waals surface area contributed by atoms with Gasteiger partial charge in [-0.15, -0.1) is 12.4 Å². The van der Waals surface area contributed by atoms with Crippen molar-refractivity contribution in [3.63, 3.8) is 0 Å². The van der Waals surface area contributed by atoms with Gasteiger partial charge in [0.25, 0.3) is 0 Å². The summed E-state index contributed by atoms with van der Waals surface area (Å²) in [5.74, 6) is -0.0349. The minimum atomic E-state index is -0.135. The fourth-order valence-electron chi connectivity index (χ4n) is 1.69. The topological polar surface area (TPSA) is 46.3 Å². The predicted octanol–water partition coefficient (Wildman–Crippen LogP) is 2.36. The second kappa shape index (κ2) is 7.39. The molecule has 0 aliphatic carbocycles. The number of amides is 1. The highest BCUT2D eigenvalue weighted by atomic mass is 35.5. The molecule has 0 aliphatic heterocycles. The van der Waals surface area contributed by atoms with E-state index in [4.69, 9.17) is 5.73 Å². The van der Waals surface area contributed by atoms with Gasteiger partial charge in [-0.05, 0) is 25.0 Å². The molecule has 2 unspecified atom stereocenters. The average Bonchev–Trinajstić information content (AvgIpc) is 2.30. The van der Waals surface area contributed by atoms with Gasteiger partial charge in [0.1, 0.15) is 0 Å². The maximum absolute atomic E-state index is 12.0. The van der Waals surface area contributed by atoms with Gasteiger partial charge in [-0.1, -0.05) is 31.2 Å². The number of carbonyl (C=O) groups excluding carboxylic acids is 1. The fraction of sp³-hybridized carbons (Fsp3) is 0.500. The number of aryl methyl sites for hydroxylation is 1. The lowest BCUT2D eigenvalue weighted by Gasteiger charge is -2.24. The Balaban J connectivity index is 0.00000289. The van der Waals surface area contributed by atoms with Crippen molar-refractivity contribution in [1.29, 1.82) is 0 Å². The van der Waals surface area contributed by atoms with E-state index >= 15 is 0 Å². The van der Waals surface area contributed by atoms with Crippen molar-refractivity contribution in [2.45, 2.75) is 33.4 Å². The van der Waals surface area contributed by atoms with Crippen molar-refractivity contribution < 1.29 is 4.79 Å². The third-order valence-corrected chi connectivity index (χ3v) is 3.22. The van der Waals surface area contributed by atoms with Crippen molar-refractivity contribution >= 4 is 18.3 Å². The molecule has 1 aromatic rings. The molecule has 18 heavy (non-hydrogen) atoms. The molecule has 102 valence electrons. The standard InChI is InChI=1S/C14H22N2O.ClH/c1-10-7-5-6-8-13(10)9-16(4)14(17)11(2)12(3)15;/h5-8,11-12H,9,15H2,1-4H3;1H. The van der Waals surface area contributed by atoms with E-state index < -0.39 is 0 Å². The molecule has 0 aromatic heterocycles. The molecule has 1 amide bonds. The first-order valence-electron chi connectivity index (χ1n) is 5.98. The van der Waals surface area contributed by atoms with Gasteiger partial charge in [0, 0.05) is 19.6 Å². The Morgan fingerprint density at radius 3 is 2.39 bits per heavy atom. The van der Waals surface area contributed by atoms with Crippen molar-refractivity contribution in [3.8, 4) is 0 Å². The van der Waals surface area contributed by atoms with E-state index in [-0.39, 0.29) is 30.3 Å². The number of benzene rings is 1. The summed E-state index contributed by atoms with van der Waals surface area (Å²) >= 11 is 0. The number of nitrogens with two attached hydrogens (primary N) is 1. The fourth-order valence-corrected chi connectivity index (χ4v) is 1.69. The molecule has 2 atom stereocenters. The lowest BCUT2D eigenvalue weighted by Crippen LogP contribution is -2.39. The van der Waals surface area contributed by atoms with E-state index in [1.807, 2.05) is 33.0 Å². The molecule has 2 N–H and O–H groups in total. The van der Waals surface area contributed by atoms with E-state index in [1.165, 1.54) is 11.1 Å². The zero-order chi connectivity index (χ0) is 13.0. The summed E-state index contributed by atoms with van der Waals surface area (Å²) in [6.07, 6.45) is 0. The molecule has 0 fully saturated rings. The van der Waals surface area contributed by atoms with Crippen LogP contribution in [0.5, 0.6) is 0 Å². The van der Waals surface area contributed by atoms with Crippen LogP contribution in [0.3, 0.4) is 0 Å². The Morgan fingerprint density at radius 2 is 1.89 bits per heavy atom. The number of hydrogen-bond donors (Lipinski definition) is 1. The first kappa shape index (κ1) is 16.9. The number of nitrogens with zero attached hydrogens (tertiary/aromatic N) is 1. The Bertz CT molecular complexity index is 393. The molecular formula is C14H23ClN2O. The lowest BCUT2D eigenvalue weighted by atomic mass is 10.0. The Morgan fingerprint density at radius 1 is 1.33 bits per heavy atom. The minimum absolute atomic E-state index is 0. The highest BCUT2D eigenvalue weighted by molar-refractivity contribution is 5.85. The number of carbonyl (C=O) groups is 1.